The Bertz CT molecular complexity index is 691. The molecule has 1 aromatic heterocycles. The van der Waals surface area contributed by atoms with E-state index in [9.17, 15) is 13.2 Å². The molecule has 0 spiro atoms. The van der Waals surface area contributed by atoms with Gasteiger partial charge in [0.1, 0.15) is 5.82 Å². The number of hydrogen-bond donors (Lipinski definition) is 2. The van der Waals surface area contributed by atoms with Crippen LogP contribution in [0, 0.1) is 0 Å². The molecule has 0 unspecified atom stereocenters. The molecule has 0 aliphatic carbocycles. The number of nitrogens with one attached hydrogen (secondary N) is 2. The average molecular weight is 360 g/mol. The van der Waals surface area contributed by atoms with Gasteiger partial charge in [-0.3, -0.25) is 0 Å². The zero-order chi connectivity index (χ0) is 17.7. The molecular weight excluding hydrogens is 343 g/mol. The Kier molecular flexibility index (Phi) is 5.84. The van der Waals surface area contributed by atoms with Crippen LogP contribution in [0.25, 0.3) is 0 Å². The second-order valence-corrected chi connectivity index (χ2v) is 5.72. The zero-order valence-electron chi connectivity index (χ0n) is 13.2. The van der Waals surface area contributed by atoms with Gasteiger partial charge in [-0.25, -0.2) is 4.98 Å². The predicted octanol–water partition coefficient (Wildman–Crippen LogP) is 3.87. The summed E-state index contributed by atoms with van der Waals surface area (Å²) < 4.78 is 38.6. The first-order valence-corrected chi connectivity index (χ1v) is 7.49. The van der Waals surface area contributed by atoms with Crippen molar-refractivity contribution in [2.24, 2.45) is 0 Å². The third-order valence-corrected chi connectivity index (χ3v) is 3.38. The number of alkyl halides is 3. The number of aromatic nitrogens is 2. The first-order valence-electron chi connectivity index (χ1n) is 7.11. The highest BCUT2D eigenvalue weighted by molar-refractivity contribution is 6.31. The van der Waals surface area contributed by atoms with Crippen LogP contribution in [0.1, 0.15) is 5.56 Å². The molecule has 0 atom stereocenters. The molecule has 5 nitrogen and oxygen atoms in total. The lowest BCUT2D eigenvalue weighted by Crippen LogP contribution is -2.21. The van der Waals surface area contributed by atoms with Crippen molar-refractivity contribution in [3.8, 4) is 0 Å². The molecule has 0 saturated carbocycles. The number of hydrogen-bond acceptors (Lipinski definition) is 5. The van der Waals surface area contributed by atoms with E-state index in [2.05, 4.69) is 20.6 Å². The largest absolute Gasteiger partial charge is 0.417 e. The van der Waals surface area contributed by atoms with Gasteiger partial charge < -0.3 is 15.5 Å². The van der Waals surface area contributed by atoms with Crippen LogP contribution in [0.4, 0.5) is 30.6 Å². The Morgan fingerprint density at radius 3 is 2.62 bits per heavy atom. The Balaban J connectivity index is 2.11. The Morgan fingerprint density at radius 2 is 1.96 bits per heavy atom. The van der Waals surface area contributed by atoms with E-state index < -0.39 is 11.7 Å². The third kappa shape index (κ3) is 5.24. The average Bonchev–Trinajstić information content (AvgIpc) is 2.48. The topological polar surface area (TPSA) is 53.1 Å². The van der Waals surface area contributed by atoms with Gasteiger partial charge in [0.25, 0.3) is 0 Å². The van der Waals surface area contributed by atoms with Gasteiger partial charge in [0, 0.05) is 25.0 Å². The summed E-state index contributed by atoms with van der Waals surface area (Å²) in [6.45, 7) is 1.50. The number of rotatable bonds is 6. The van der Waals surface area contributed by atoms with Crippen molar-refractivity contribution in [3.05, 3.63) is 41.0 Å². The fraction of sp³-hybridized carbons (Fsp3) is 0.333. The van der Waals surface area contributed by atoms with Crippen LogP contribution >= 0.6 is 11.6 Å². The smallest absolute Gasteiger partial charge is 0.369 e. The summed E-state index contributed by atoms with van der Waals surface area (Å²) in [5, 5.41) is 5.51. The molecule has 0 aliphatic rings. The molecule has 24 heavy (non-hydrogen) atoms. The quantitative estimate of drug-likeness (QED) is 0.820. The molecule has 0 bridgehead atoms. The molecular formula is C15H17ClF3N5. The third-order valence-electron chi connectivity index (χ3n) is 3.05. The van der Waals surface area contributed by atoms with Gasteiger partial charge in [-0.2, -0.15) is 18.2 Å². The van der Waals surface area contributed by atoms with Crippen LogP contribution in [0.15, 0.2) is 30.5 Å². The van der Waals surface area contributed by atoms with E-state index in [4.69, 9.17) is 11.6 Å². The minimum atomic E-state index is -4.52. The van der Waals surface area contributed by atoms with E-state index in [-0.39, 0.29) is 16.7 Å². The number of nitrogens with zero attached hydrogens (tertiary/aromatic N) is 3. The minimum Gasteiger partial charge on any atom is -0.369 e. The molecule has 9 heteroatoms. The fourth-order valence-corrected chi connectivity index (χ4v) is 2.10. The highest BCUT2D eigenvalue weighted by atomic mass is 35.5. The fourth-order valence-electron chi connectivity index (χ4n) is 1.87. The van der Waals surface area contributed by atoms with E-state index in [1.165, 1.54) is 18.3 Å². The second-order valence-electron chi connectivity index (χ2n) is 5.31. The molecule has 2 N–H and O–H groups in total. The first kappa shape index (κ1) is 18.3. The molecule has 2 rings (SSSR count). The molecule has 0 saturated heterocycles. The lowest BCUT2D eigenvalue weighted by atomic mass is 10.2. The monoisotopic (exact) mass is 359 g/mol. The van der Waals surface area contributed by atoms with Gasteiger partial charge in [-0.15, -0.1) is 0 Å². The zero-order valence-corrected chi connectivity index (χ0v) is 13.9. The Hall–Kier alpha value is -2.06. The van der Waals surface area contributed by atoms with Crippen LogP contribution in [0.2, 0.25) is 5.02 Å². The summed E-state index contributed by atoms with van der Waals surface area (Å²) in [6, 6.07) is 5.24. The van der Waals surface area contributed by atoms with Gasteiger partial charge in [-0.05, 0) is 38.4 Å². The van der Waals surface area contributed by atoms with Crippen molar-refractivity contribution in [1.29, 1.82) is 0 Å². The van der Waals surface area contributed by atoms with Crippen molar-refractivity contribution >= 4 is 29.1 Å². The lowest BCUT2D eigenvalue weighted by Gasteiger charge is -2.13. The van der Waals surface area contributed by atoms with E-state index in [0.717, 1.165) is 12.6 Å². The number of anilines is 3. The molecule has 130 valence electrons. The van der Waals surface area contributed by atoms with Crippen molar-refractivity contribution in [3.63, 3.8) is 0 Å². The van der Waals surface area contributed by atoms with E-state index in [0.29, 0.717) is 12.4 Å². The van der Waals surface area contributed by atoms with E-state index >= 15 is 0 Å². The van der Waals surface area contributed by atoms with E-state index in [1.54, 1.807) is 6.07 Å². The normalized spacial score (nSPS) is 11.6. The summed E-state index contributed by atoms with van der Waals surface area (Å²) in [7, 11) is 3.90. The molecule has 1 aromatic carbocycles. The molecule has 0 fully saturated rings. The maximum atomic E-state index is 12.9. The molecule has 1 heterocycles. The Morgan fingerprint density at radius 1 is 1.21 bits per heavy atom. The first-order chi connectivity index (χ1) is 11.3. The van der Waals surface area contributed by atoms with Crippen molar-refractivity contribution < 1.29 is 13.2 Å². The number of halogens is 4. The lowest BCUT2D eigenvalue weighted by molar-refractivity contribution is -0.137. The maximum Gasteiger partial charge on any atom is 0.417 e. The van der Waals surface area contributed by atoms with Gasteiger partial charge in [-0.1, -0.05) is 11.6 Å². The van der Waals surface area contributed by atoms with Crippen LogP contribution in [0.5, 0.6) is 0 Å². The van der Waals surface area contributed by atoms with Crippen molar-refractivity contribution in [2.75, 3.05) is 37.8 Å². The highest BCUT2D eigenvalue weighted by Crippen LogP contribution is 2.36. The number of benzene rings is 1. The number of likely N-dealkylation sites (N-methyl/N-ethyl adjacent to an activating group) is 1. The minimum absolute atomic E-state index is 0.195. The van der Waals surface area contributed by atoms with Gasteiger partial charge in [0.2, 0.25) is 5.95 Å². The van der Waals surface area contributed by atoms with Crippen molar-refractivity contribution in [2.45, 2.75) is 6.18 Å². The summed E-state index contributed by atoms with van der Waals surface area (Å²) in [4.78, 5) is 10.2. The summed E-state index contributed by atoms with van der Waals surface area (Å²) in [5.74, 6) is 0.777. The molecule has 0 amide bonds. The SMILES string of the molecule is CN(C)CCNc1ccnc(Nc2ccc(Cl)c(C(F)(F)F)c2)n1. The summed E-state index contributed by atoms with van der Waals surface area (Å²) in [6.07, 6.45) is -3.00. The van der Waals surface area contributed by atoms with Crippen molar-refractivity contribution in [1.82, 2.24) is 14.9 Å². The standard InChI is InChI=1S/C15H17ClF3N5/c1-24(2)8-7-20-13-5-6-21-14(23-13)22-10-3-4-12(16)11(9-10)15(17,18)19/h3-6,9H,7-8H2,1-2H3,(H2,20,21,22,23). The van der Waals surface area contributed by atoms with Crippen LogP contribution in [-0.2, 0) is 6.18 Å². The van der Waals surface area contributed by atoms with E-state index in [1.807, 2.05) is 19.0 Å². The Labute approximate surface area is 142 Å². The summed E-state index contributed by atoms with van der Waals surface area (Å²) >= 11 is 5.60. The van der Waals surface area contributed by atoms with Gasteiger partial charge in [0.05, 0.1) is 10.6 Å². The van der Waals surface area contributed by atoms with Crippen LogP contribution in [0.3, 0.4) is 0 Å². The molecule has 2 aromatic rings. The second kappa shape index (κ2) is 7.67. The molecule has 0 aliphatic heterocycles. The van der Waals surface area contributed by atoms with Gasteiger partial charge >= 0.3 is 6.18 Å². The summed E-state index contributed by atoms with van der Waals surface area (Å²) in [5.41, 5.74) is -0.702. The van der Waals surface area contributed by atoms with Gasteiger partial charge in [0.15, 0.2) is 0 Å². The van der Waals surface area contributed by atoms with Crippen LogP contribution in [-0.4, -0.2) is 42.1 Å². The molecule has 0 radical (unpaired) electrons. The highest BCUT2D eigenvalue weighted by Gasteiger charge is 2.33. The van der Waals surface area contributed by atoms with Crippen LogP contribution < -0.4 is 10.6 Å². The maximum absolute atomic E-state index is 12.9. The predicted molar refractivity (Wildman–Crippen MR) is 88.8 cm³/mol.